The lowest BCUT2D eigenvalue weighted by Gasteiger charge is -2.35. The number of hydrogen-bond acceptors (Lipinski definition) is 7. The first kappa shape index (κ1) is 16.4. The van der Waals surface area contributed by atoms with E-state index in [1.54, 1.807) is 6.33 Å². The summed E-state index contributed by atoms with van der Waals surface area (Å²) in [6, 6.07) is 9.75. The number of aromatic amines is 1. The van der Waals surface area contributed by atoms with Crippen LogP contribution in [0.1, 0.15) is 34.5 Å². The second-order valence-electron chi connectivity index (χ2n) is 6.54. The van der Waals surface area contributed by atoms with Crippen molar-refractivity contribution in [2.75, 3.05) is 11.4 Å². The minimum Gasteiger partial charge on any atom is -0.388 e. The molecule has 138 valence electrons. The van der Waals surface area contributed by atoms with Crippen molar-refractivity contribution in [3.05, 3.63) is 71.5 Å². The molecular weight excluding hydrogens is 356 g/mol. The van der Waals surface area contributed by atoms with E-state index in [-0.39, 0.29) is 18.5 Å². The number of nitrogens with zero attached hydrogens (tertiary/aromatic N) is 7. The molecule has 0 radical (unpaired) electrons. The zero-order valence-corrected chi connectivity index (χ0v) is 14.8. The van der Waals surface area contributed by atoms with E-state index in [9.17, 15) is 10.4 Å². The molecule has 0 bridgehead atoms. The first-order chi connectivity index (χ1) is 13.8. The number of aliphatic hydroxyl groups excluding tert-OH is 1. The molecule has 0 amide bonds. The van der Waals surface area contributed by atoms with Gasteiger partial charge in [-0.3, -0.25) is 0 Å². The molecule has 28 heavy (non-hydrogen) atoms. The topological polar surface area (TPSA) is 119 Å². The van der Waals surface area contributed by atoms with Gasteiger partial charge in [0.15, 0.2) is 11.6 Å². The van der Waals surface area contributed by atoms with Gasteiger partial charge in [0.1, 0.15) is 24.3 Å². The highest BCUT2D eigenvalue weighted by atomic mass is 16.3. The summed E-state index contributed by atoms with van der Waals surface area (Å²) >= 11 is 0. The summed E-state index contributed by atoms with van der Waals surface area (Å²) < 4.78 is 1.82. The Morgan fingerprint density at radius 3 is 3.07 bits per heavy atom. The van der Waals surface area contributed by atoms with Crippen molar-refractivity contribution in [1.29, 1.82) is 5.26 Å². The maximum Gasteiger partial charge on any atom is 0.156 e. The van der Waals surface area contributed by atoms with Gasteiger partial charge in [-0.25, -0.2) is 19.5 Å². The number of aromatic nitrogens is 6. The van der Waals surface area contributed by atoms with Crippen molar-refractivity contribution in [3.8, 4) is 6.07 Å². The van der Waals surface area contributed by atoms with Gasteiger partial charge >= 0.3 is 0 Å². The van der Waals surface area contributed by atoms with Crippen molar-refractivity contribution in [2.45, 2.75) is 19.1 Å². The molecule has 0 saturated heterocycles. The lowest BCUT2D eigenvalue weighted by molar-refractivity contribution is 0.271. The van der Waals surface area contributed by atoms with E-state index in [0.29, 0.717) is 17.9 Å². The third-order valence-corrected chi connectivity index (χ3v) is 4.95. The quantitative estimate of drug-likeness (QED) is 0.557. The molecule has 4 aromatic rings. The molecule has 1 aliphatic rings. The van der Waals surface area contributed by atoms with Crippen LogP contribution in [0.5, 0.6) is 0 Å². The Morgan fingerprint density at radius 1 is 1.32 bits per heavy atom. The number of nitrogens with one attached hydrogen (secondary N) is 1. The fourth-order valence-corrected chi connectivity index (χ4v) is 3.68. The molecule has 5 heterocycles. The van der Waals surface area contributed by atoms with Gasteiger partial charge in [-0.05, 0) is 18.2 Å². The fraction of sp³-hybridized carbons (Fsp3) is 0.211. The average Bonchev–Trinajstić information content (AvgIpc) is 3.39. The number of fused-ring (bicyclic) bond motifs is 2. The zero-order chi connectivity index (χ0) is 19.1. The molecule has 1 aliphatic heterocycles. The number of H-pyrrole nitrogens is 1. The van der Waals surface area contributed by atoms with Crippen LogP contribution in [0, 0.1) is 11.3 Å². The maximum atomic E-state index is 9.58. The van der Waals surface area contributed by atoms with Gasteiger partial charge in [0.25, 0.3) is 0 Å². The van der Waals surface area contributed by atoms with E-state index in [4.69, 9.17) is 5.10 Å². The van der Waals surface area contributed by atoms with Crippen LogP contribution in [-0.4, -0.2) is 41.2 Å². The first-order valence-corrected chi connectivity index (χ1v) is 8.88. The van der Waals surface area contributed by atoms with Crippen LogP contribution in [0.25, 0.3) is 5.52 Å². The SMILES string of the molecule is N#Cc1cnc(CO)nc1N1CCc2[nH]cnc2C1c1cc2ccccn2n1. The maximum absolute atomic E-state index is 9.58. The van der Waals surface area contributed by atoms with Crippen molar-refractivity contribution >= 4 is 11.3 Å². The van der Waals surface area contributed by atoms with Crippen LogP contribution >= 0.6 is 0 Å². The van der Waals surface area contributed by atoms with E-state index < -0.39 is 0 Å². The van der Waals surface area contributed by atoms with Gasteiger partial charge in [0, 0.05) is 24.9 Å². The van der Waals surface area contributed by atoms with E-state index in [1.807, 2.05) is 39.9 Å². The Bertz CT molecular complexity index is 1170. The molecule has 9 nitrogen and oxygen atoms in total. The molecule has 0 fully saturated rings. The summed E-state index contributed by atoms with van der Waals surface area (Å²) in [6.45, 7) is 0.337. The highest BCUT2D eigenvalue weighted by molar-refractivity contribution is 5.59. The zero-order valence-electron chi connectivity index (χ0n) is 14.8. The van der Waals surface area contributed by atoms with Crippen molar-refractivity contribution in [1.82, 2.24) is 29.5 Å². The largest absolute Gasteiger partial charge is 0.388 e. The monoisotopic (exact) mass is 372 g/mol. The molecule has 9 heteroatoms. The molecule has 0 saturated carbocycles. The van der Waals surface area contributed by atoms with Crippen molar-refractivity contribution in [2.24, 2.45) is 0 Å². The minimum atomic E-state index is -0.302. The van der Waals surface area contributed by atoms with Gasteiger partial charge in [-0.1, -0.05) is 6.07 Å². The molecule has 0 spiro atoms. The van der Waals surface area contributed by atoms with E-state index in [2.05, 4.69) is 26.0 Å². The summed E-state index contributed by atoms with van der Waals surface area (Å²) in [5.41, 5.74) is 4.05. The van der Waals surface area contributed by atoms with Gasteiger partial charge in [-0.15, -0.1) is 0 Å². The highest BCUT2D eigenvalue weighted by Gasteiger charge is 2.35. The number of hydrogen-bond donors (Lipinski definition) is 2. The molecule has 1 unspecified atom stereocenters. The number of nitriles is 1. The lowest BCUT2D eigenvalue weighted by Crippen LogP contribution is -2.38. The summed E-state index contributed by atoms with van der Waals surface area (Å²) in [5, 5.41) is 23.8. The Kier molecular flexibility index (Phi) is 3.77. The molecule has 4 aromatic heterocycles. The number of aliphatic hydroxyl groups is 1. The summed E-state index contributed by atoms with van der Waals surface area (Å²) in [6.07, 6.45) is 5.77. The number of imidazole rings is 1. The van der Waals surface area contributed by atoms with Gasteiger partial charge in [0.05, 0.1) is 29.4 Å². The summed E-state index contributed by atoms with van der Waals surface area (Å²) in [4.78, 5) is 18.2. The Labute approximate surface area is 159 Å². The van der Waals surface area contributed by atoms with Crippen molar-refractivity contribution < 1.29 is 5.11 Å². The normalized spacial score (nSPS) is 16.1. The smallest absolute Gasteiger partial charge is 0.156 e. The van der Waals surface area contributed by atoms with Crippen LogP contribution in [0.15, 0.2) is 43.0 Å². The second-order valence-corrected chi connectivity index (χ2v) is 6.54. The molecule has 0 aliphatic carbocycles. The average molecular weight is 372 g/mol. The van der Waals surface area contributed by atoms with E-state index in [1.165, 1.54) is 6.20 Å². The van der Waals surface area contributed by atoms with Crippen LogP contribution in [0.3, 0.4) is 0 Å². The van der Waals surface area contributed by atoms with Gasteiger partial charge in [0.2, 0.25) is 0 Å². The summed E-state index contributed by atoms with van der Waals surface area (Å²) in [7, 11) is 0. The van der Waals surface area contributed by atoms with Crippen molar-refractivity contribution in [3.63, 3.8) is 0 Å². The second kappa shape index (κ2) is 6.44. The van der Waals surface area contributed by atoms with Crippen LogP contribution in [0.2, 0.25) is 0 Å². The third kappa shape index (κ3) is 2.51. The predicted molar refractivity (Wildman–Crippen MR) is 99.3 cm³/mol. The first-order valence-electron chi connectivity index (χ1n) is 8.88. The standard InChI is InChI=1S/C19H16N8O/c20-8-12-9-21-16(10-28)24-19(12)26-6-4-14-17(23-11-22-14)18(26)15-7-13-3-1-2-5-27(13)25-15/h1-3,5,7,9,11,18,28H,4,6,10H2,(H,22,23). The number of pyridine rings is 1. The molecule has 0 aromatic carbocycles. The van der Waals surface area contributed by atoms with Crippen LogP contribution in [-0.2, 0) is 13.0 Å². The van der Waals surface area contributed by atoms with E-state index in [0.717, 1.165) is 29.0 Å². The van der Waals surface area contributed by atoms with Gasteiger partial charge in [-0.2, -0.15) is 10.4 Å². The number of anilines is 1. The Morgan fingerprint density at radius 2 is 2.25 bits per heavy atom. The third-order valence-electron chi connectivity index (χ3n) is 4.95. The predicted octanol–water partition coefficient (Wildman–Crippen LogP) is 1.36. The Balaban J connectivity index is 1.70. The molecular formula is C19H16N8O. The summed E-state index contributed by atoms with van der Waals surface area (Å²) in [5.74, 6) is 0.757. The fourth-order valence-electron chi connectivity index (χ4n) is 3.68. The van der Waals surface area contributed by atoms with Crippen LogP contribution < -0.4 is 4.90 Å². The van der Waals surface area contributed by atoms with Gasteiger partial charge < -0.3 is 15.0 Å². The highest BCUT2D eigenvalue weighted by Crippen LogP contribution is 2.37. The minimum absolute atomic E-state index is 0.274. The lowest BCUT2D eigenvalue weighted by atomic mass is 9.99. The molecule has 1 atom stereocenters. The number of rotatable bonds is 3. The Hall–Kier alpha value is -3.77. The molecule has 5 rings (SSSR count). The van der Waals surface area contributed by atoms with E-state index >= 15 is 0 Å². The van der Waals surface area contributed by atoms with Crippen LogP contribution in [0.4, 0.5) is 5.82 Å². The molecule has 2 N–H and O–H groups in total.